The number of nitrogens with two attached hydrogens (primary N) is 1. The number of likely N-dealkylation sites (tertiary alicyclic amines) is 1. The number of alkyl halides is 4. The quantitative estimate of drug-likeness (QED) is 0.169. The number of amides is 1. The number of rotatable bonds is 5. The van der Waals surface area contributed by atoms with Crippen LogP contribution in [0.1, 0.15) is 64.7 Å². The smallest absolute Gasteiger partial charge is 0.417 e. The number of halogens is 6. The Morgan fingerprint density at radius 2 is 1.85 bits per heavy atom. The summed E-state index contributed by atoms with van der Waals surface area (Å²) in [6, 6.07) is 8.69. The van der Waals surface area contributed by atoms with Crippen LogP contribution in [0.15, 0.2) is 30.3 Å². The van der Waals surface area contributed by atoms with E-state index in [-0.39, 0.29) is 55.9 Å². The minimum Gasteiger partial charge on any atom is -0.467 e. The fourth-order valence-electron chi connectivity index (χ4n) is 7.25. The van der Waals surface area contributed by atoms with Crippen LogP contribution in [-0.2, 0) is 6.18 Å². The summed E-state index contributed by atoms with van der Waals surface area (Å²) in [4.78, 5) is 26.0. The molecule has 3 saturated heterocycles. The van der Waals surface area contributed by atoms with Gasteiger partial charge in [0, 0.05) is 53.4 Å². The van der Waals surface area contributed by atoms with E-state index in [0.29, 0.717) is 23.9 Å². The van der Waals surface area contributed by atoms with E-state index in [1.807, 2.05) is 24.0 Å². The lowest BCUT2D eigenvalue weighted by molar-refractivity contribution is -0.137. The summed E-state index contributed by atoms with van der Waals surface area (Å²) in [5.41, 5.74) is 2.59. The molecule has 0 saturated carbocycles. The number of methoxy groups -OCH3 is 1. The molecule has 2 unspecified atom stereocenters. The zero-order valence-corrected chi connectivity index (χ0v) is 32.0. The lowest BCUT2D eigenvalue weighted by atomic mass is 9.92. The zero-order chi connectivity index (χ0) is 39.6. The Hall–Kier alpha value is -4.66. The first-order valence-corrected chi connectivity index (χ1v) is 19.4. The van der Waals surface area contributed by atoms with Gasteiger partial charge in [-0.05, 0) is 82.3 Å². The number of nitrogen functional groups attached to an aromatic ring is 1. The Morgan fingerprint density at radius 1 is 1.11 bits per heavy atom. The highest BCUT2D eigenvalue weighted by atomic mass is 32.1. The van der Waals surface area contributed by atoms with Crippen molar-refractivity contribution in [1.29, 1.82) is 5.26 Å². The van der Waals surface area contributed by atoms with Crippen molar-refractivity contribution in [3.63, 3.8) is 0 Å². The average Bonchev–Trinajstić information content (AvgIpc) is 3.99. The Balaban J connectivity index is 0.000000187. The number of fused-ring (bicyclic) bond motifs is 3. The number of carbonyl (C=O) groups is 1. The molecule has 8 rings (SSSR count). The third kappa shape index (κ3) is 8.31. The molecule has 292 valence electrons. The Morgan fingerprint density at radius 3 is 2.47 bits per heavy atom. The molecule has 0 radical (unpaired) electrons. The SMILES string of the molecule is CCNc1nc(OC)nc2c(F)c(-c3ccc(F)c4sc(N)c(C#N)c34)c(C(F)(F)F)cc12.Cc1ccc(C(=O)N2CCCC2)s1.FC1CC2CCCN2C1. The number of aryl methyl sites for hydroxylation is 1. The fourth-order valence-corrected chi connectivity index (χ4v) is 9.03. The van der Waals surface area contributed by atoms with Gasteiger partial charge in [0.25, 0.3) is 5.91 Å². The highest BCUT2D eigenvalue weighted by molar-refractivity contribution is 7.23. The second-order valence-electron chi connectivity index (χ2n) is 13.4. The van der Waals surface area contributed by atoms with Gasteiger partial charge in [0.15, 0.2) is 5.82 Å². The zero-order valence-electron chi connectivity index (χ0n) is 30.3. The van der Waals surface area contributed by atoms with Gasteiger partial charge < -0.3 is 20.7 Å². The van der Waals surface area contributed by atoms with Crippen LogP contribution >= 0.6 is 22.7 Å². The average molecular weight is 804 g/mol. The molecule has 5 aromatic rings. The van der Waals surface area contributed by atoms with E-state index < -0.39 is 40.6 Å². The van der Waals surface area contributed by atoms with Crippen LogP contribution in [0.2, 0.25) is 0 Å². The van der Waals surface area contributed by atoms with Gasteiger partial charge in [0.2, 0.25) is 0 Å². The number of hydrogen-bond donors (Lipinski definition) is 2. The summed E-state index contributed by atoms with van der Waals surface area (Å²) in [7, 11) is 1.23. The molecule has 17 heteroatoms. The molecule has 2 aromatic carbocycles. The van der Waals surface area contributed by atoms with Crippen LogP contribution in [0, 0.1) is 29.9 Å². The molecule has 6 heterocycles. The van der Waals surface area contributed by atoms with Crippen LogP contribution in [-0.4, -0.2) is 77.7 Å². The van der Waals surface area contributed by atoms with Crippen molar-refractivity contribution in [2.75, 3.05) is 50.9 Å². The van der Waals surface area contributed by atoms with E-state index >= 15 is 4.39 Å². The van der Waals surface area contributed by atoms with Crippen LogP contribution < -0.4 is 15.8 Å². The predicted octanol–water partition coefficient (Wildman–Crippen LogP) is 9.19. The molecule has 0 bridgehead atoms. The first-order chi connectivity index (χ1) is 26.2. The van der Waals surface area contributed by atoms with Crippen LogP contribution in [0.3, 0.4) is 0 Å². The van der Waals surface area contributed by atoms with Gasteiger partial charge in [0.05, 0.1) is 27.8 Å². The number of benzene rings is 2. The highest BCUT2D eigenvalue weighted by Crippen LogP contribution is 2.47. The van der Waals surface area contributed by atoms with Gasteiger partial charge in [-0.3, -0.25) is 9.69 Å². The Bertz CT molecular complexity index is 2230. The molecular weight excluding hydrogens is 765 g/mol. The fraction of sp³-hybridized carbons (Fsp3) is 0.421. The van der Waals surface area contributed by atoms with Gasteiger partial charge in [-0.15, -0.1) is 22.7 Å². The molecule has 55 heavy (non-hydrogen) atoms. The normalized spacial score (nSPS) is 18.1. The summed E-state index contributed by atoms with van der Waals surface area (Å²) >= 11 is 2.29. The lowest BCUT2D eigenvalue weighted by Gasteiger charge is -2.18. The summed E-state index contributed by atoms with van der Waals surface area (Å²) in [5.74, 6) is -1.94. The van der Waals surface area contributed by atoms with Crippen LogP contribution in [0.5, 0.6) is 6.01 Å². The third-order valence-electron chi connectivity index (χ3n) is 9.75. The monoisotopic (exact) mass is 803 g/mol. The number of ether oxygens (including phenoxy) is 1. The van der Waals surface area contributed by atoms with Gasteiger partial charge in [0.1, 0.15) is 34.4 Å². The number of nitriles is 1. The molecule has 3 aliphatic rings. The minimum atomic E-state index is -5.00. The summed E-state index contributed by atoms with van der Waals surface area (Å²) in [6.07, 6.45) is 0.141. The number of hydrogen-bond acceptors (Lipinski definition) is 10. The molecule has 2 atom stereocenters. The van der Waals surface area contributed by atoms with E-state index in [4.69, 9.17) is 10.5 Å². The number of carbonyl (C=O) groups excluding carboxylic acids is 1. The van der Waals surface area contributed by atoms with E-state index in [2.05, 4.69) is 20.2 Å². The van der Waals surface area contributed by atoms with Crippen molar-refractivity contribution in [2.24, 2.45) is 0 Å². The predicted molar refractivity (Wildman–Crippen MR) is 203 cm³/mol. The highest BCUT2D eigenvalue weighted by Gasteiger charge is 2.38. The number of anilines is 2. The van der Waals surface area contributed by atoms with Gasteiger partial charge in [-0.25, -0.2) is 13.2 Å². The Kier molecular flexibility index (Phi) is 12.1. The Labute approximate surface area is 321 Å². The molecule has 1 amide bonds. The first-order valence-electron chi connectivity index (χ1n) is 17.8. The van der Waals surface area contributed by atoms with Crippen LogP contribution in [0.4, 0.5) is 37.2 Å². The molecule has 3 aliphatic heterocycles. The van der Waals surface area contributed by atoms with Crippen molar-refractivity contribution >= 4 is 60.4 Å². The number of aromatic nitrogens is 2. The van der Waals surface area contributed by atoms with E-state index in [9.17, 15) is 32.0 Å². The maximum atomic E-state index is 15.9. The van der Waals surface area contributed by atoms with E-state index in [1.54, 1.807) is 24.3 Å². The maximum absolute atomic E-state index is 15.9. The van der Waals surface area contributed by atoms with Crippen molar-refractivity contribution in [3.05, 3.63) is 62.8 Å². The maximum Gasteiger partial charge on any atom is 0.417 e. The number of nitrogens with zero attached hydrogens (tertiary/aromatic N) is 5. The number of nitrogens with one attached hydrogen (secondary N) is 1. The molecular formula is C38H39F6N7O2S2. The van der Waals surface area contributed by atoms with Crippen molar-refractivity contribution in [2.45, 2.75) is 64.3 Å². The van der Waals surface area contributed by atoms with Gasteiger partial charge >= 0.3 is 12.2 Å². The van der Waals surface area contributed by atoms with Gasteiger partial charge in [-0.2, -0.15) is 28.4 Å². The largest absolute Gasteiger partial charge is 0.467 e. The lowest BCUT2D eigenvalue weighted by Crippen LogP contribution is -2.26. The molecule has 9 nitrogen and oxygen atoms in total. The molecule has 3 aromatic heterocycles. The summed E-state index contributed by atoms with van der Waals surface area (Å²) in [6.45, 7) is 7.75. The van der Waals surface area contributed by atoms with Crippen LogP contribution in [0.25, 0.3) is 32.1 Å². The van der Waals surface area contributed by atoms with Gasteiger partial charge in [-0.1, -0.05) is 6.07 Å². The first kappa shape index (κ1) is 40.0. The standard InChI is InChI=1S/C21H14F5N5OS.C10H13NOS.C7H12FN/c1-3-29-19-9-6-11(21(24,25)26)14(15(23)16(9)30-20(31-19)32-2)8-4-5-12(22)17-13(8)10(7-27)18(28)33-17;1-8-4-5-9(13-8)10(12)11-6-2-3-7-11;8-6-4-7-2-1-3-9(7)5-6/h4-6H,3,28H2,1-2H3,(H,29,30,31);4-5H,2-3,6-7H2,1H3;6-7H,1-5H2. The summed E-state index contributed by atoms with van der Waals surface area (Å²) in [5, 5.41) is 11.8. The van der Waals surface area contributed by atoms with E-state index in [0.717, 1.165) is 62.0 Å². The van der Waals surface area contributed by atoms with E-state index in [1.165, 1.54) is 24.8 Å². The molecule has 0 spiro atoms. The van der Waals surface area contributed by atoms with Crippen molar-refractivity contribution < 1.29 is 35.9 Å². The molecule has 0 aliphatic carbocycles. The van der Waals surface area contributed by atoms with Crippen molar-refractivity contribution in [3.8, 4) is 23.2 Å². The second kappa shape index (κ2) is 16.6. The summed E-state index contributed by atoms with van der Waals surface area (Å²) < 4.78 is 90.2. The molecule has 3 fully saturated rings. The second-order valence-corrected chi connectivity index (χ2v) is 15.7. The molecule has 3 N–H and O–H groups in total. The minimum absolute atomic E-state index is 0.0444. The number of thiophene rings is 2. The topological polar surface area (TPSA) is 120 Å². The third-order valence-corrected chi connectivity index (χ3v) is 11.8. The van der Waals surface area contributed by atoms with Crippen molar-refractivity contribution in [1.82, 2.24) is 19.8 Å².